The highest BCUT2D eigenvalue weighted by Gasteiger charge is 2.64. The fourth-order valence-electron chi connectivity index (χ4n) is 5.04. The van der Waals surface area contributed by atoms with Gasteiger partial charge in [-0.25, -0.2) is 4.39 Å². The average molecular weight is 448 g/mol. The van der Waals surface area contributed by atoms with Gasteiger partial charge in [-0.15, -0.1) is 0 Å². The number of aromatic amines is 1. The first-order chi connectivity index (χ1) is 15.1. The molecule has 0 aliphatic heterocycles. The van der Waals surface area contributed by atoms with Gasteiger partial charge in [-0.2, -0.15) is 13.2 Å². The predicted octanol–water partition coefficient (Wildman–Crippen LogP) is 4.64. The molecule has 168 valence electrons. The summed E-state index contributed by atoms with van der Waals surface area (Å²) in [5.74, 6) is -2.54. The Morgan fingerprint density at radius 3 is 2.69 bits per heavy atom. The van der Waals surface area contributed by atoms with Crippen LogP contribution in [0.15, 0.2) is 69.6 Å². The molecule has 1 aromatic carbocycles. The van der Waals surface area contributed by atoms with Crippen LogP contribution in [0, 0.1) is 11.8 Å². The van der Waals surface area contributed by atoms with Crippen LogP contribution in [-0.2, 0) is 0 Å². The Hall–Kier alpha value is -3.07. The summed E-state index contributed by atoms with van der Waals surface area (Å²) in [6.07, 6.45) is -2.77. The second-order valence-corrected chi connectivity index (χ2v) is 8.52. The first-order valence-electron chi connectivity index (χ1n) is 10.3. The van der Waals surface area contributed by atoms with Crippen LogP contribution in [0.1, 0.15) is 19.8 Å². The van der Waals surface area contributed by atoms with Crippen LogP contribution in [0.4, 0.5) is 23.2 Å². The van der Waals surface area contributed by atoms with Gasteiger partial charge in [-0.05, 0) is 54.2 Å². The van der Waals surface area contributed by atoms with E-state index in [0.717, 1.165) is 0 Å². The minimum Gasteiger partial charge on any atom is -0.511 e. The SMILES string of the molecule is CCC1C[C@](O)(C(F)(F)F)C(Nc2cccc3c(=O)[nH]ccc23)C2=CC3=C(F)[C@H]3C(O)=C21. The van der Waals surface area contributed by atoms with Gasteiger partial charge in [0.25, 0.3) is 5.56 Å². The number of H-pyrrole nitrogens is 1. The van der Waals surface area contributed by atoms with Gasteiger partial charge in [-0.1, -0.05) is 13.0 Å². The van der Waals surface area contributed by atoms with Crippen LogP contribution in [0.2, 0.25) is 0 Å². The van der Waals surface area contributed by atoms with Crippen LogP contribution < -0.4 is 10.9 Å². The molecule has 2 unspecified atom stereocenters. The van der Waals surface area contributed by atoms with Crippen molar-refractivity contribution in [3.05, 3.63) is 75.2 Å². The number of hydrogen-bond donors (Lipinski definition) is 4. The Balaban J connectivity index is 1.70. The highest BCUT2D eigenvalue weighted by Crippen LogP contribution is 2.58. The van der Waals surface area contributed by atoms with Gasteiger partial charge in [-0.3, -0.25) is 4.79 Å². The lowest BCUT2D eigenvalue weighted by atomic mass is 9.65. The van der Waals surface area contributed by atoms with E-state index in [1.807, 2.05) is 0 Å². The Morgan fingerprint density at radius 1 is 1.25 bits per heavy atom. The Morgan fingerprint density at radius 2 is 2.00 bits per heavy atom. The molecule has 3 aliphatic rings. The van der Waals surface area contributed by atoms with Crippen LogP contribution in [0.25, 0.3) is 10.8 Å². The number of allylic oxidation sites excluding steroid dienone is 2. The van der Waals surface area contributed by atoms with Crippen LogP contribution in [0.5, 0.6) is 0 Å². The predicted molar refractivity (Wildman–Crippen MR) is 111 cm³/mol. The van der Waals surface area contributed by atoms with Gasteiger partial charge in [0.1, 0.15) is 11.6 Å². The average Bonchev–Trinajstić information content (AvgIpc) is 3.39. The number of aliphatic hydroxyl groups is 2. The third-order valence-corrected chi connectivity index (χ3v) is 6.78. The molecule has 1 heterocycles. The molecular formula is C23H20F4N2O3. The van der Waals surface area contributed by atoms with E-state index < -0.39 is 47.5 Å². The lowest BCUT2D eigenvalue weighted by Crippen LogP contribution is -2.62. The van der Waals surface area contributed by atoms with Gasteiger partial charge in [0, 0.05) is 28.2 Å². The molecule has 0 radical (unpaired) electrons. The van der Waals surface area contributed by atoms with Crippen LogP contribution >= 0.6 is 0 Å². The van der Waals surface area contributed by atoms with Gasteiger partial charge < -0.3 is 20.5 Å². The lowest BCUT2D eigenvalue weighted by Gasteiger charge is -2.48. The summed E-state index contributed by atoms with van der Waals surface area (Å²) in [5.41, 5.74) is -2.98. The zero-order valence-electron chi connectivity index (χ0n) is 16.9. The van der Waals surface area contributed by atoms with Crippen molar-refractivity contribution in [2.45, 2.75) is 37.6 Å². The molecule has 4 atom stereocenters. The maximum atomic E-state index is 14.3. The van der Waals surface area contributed by atoms with Crippen LogP contribution in [0.3, 0.4) is 0 Å². The Kier molecular flexibility index (Phi) is 4.37. The van der Waals surface area contributed by atoms with Crippen molar-refractivity contribution in [2.24, 2.45) is 11.8 Å². The van der Waals surface area contributed by atoms with E-state index in [-0.39, 0.29) is 40.0 Å². The number of fused-ring (bicyclic) bond motifs is 3. The number of aliphatic hydroxyl groups excluding tert-OH is 1. The minimum atomic E-state index is -5.00. The normalized spacial score (nSPS) is 29.6. The number of pyridine rings is 1. The summed E-state index contributed by atoms with van der Waals surface area (Å²) in [5, 5.41) is 25.1. The van der Waals surface area contributed by atoms with Gasteiger partial charge in [0.2, 0.25) is 0 Å². The number of anilines is 1. The number of hydrogen-bond acceptors (Lipinski definition) is 4. The number of aromatic nitrogens is 1. The lowest BCUT2D eigenvalue weighted by molar-refractivity contribution is -0.270. The van der Waals surface area contributed by atoms with E-state index >= 15 is 0 Å². The first kappa shape index (κ1) is 20.8. The van der Waals surface area contributed by atoms with E-state index in [2.05, 4.69) is 10.3 Å². The molecular weight excluding hydrogens is 428 g/mol. The molecule has 1 fully saturated rings. The third kappa shape index (κ3) is 2.76. The maximum absolute atomic E-state index is 14.3. The summed E-state index contributed by atoms with van der Waals surface area (Å²) in [4.78, 5) is 14.6. The fraction of sp³-hybridized carbons (Fsp3) is 0.348. The van der Waals surface area contributed by atoms with Crippen molar-refractivity contribution in [1.82, 2.24) is 4.98 Å². The summed E-state index contributed by atoms with van der Waals surface area (Å²) in [6, 6.07) is 4.40. The number of nitrogens with one attached hydrogen (secondary N) is 2. The highest BCUT2D eigenvalue weighted by atomic mass is 19.4. The molecule has 4 N–H and O–H groups in total. The van der Waals surface area contributed by atoms with E-state index in [9.17, 15) is 32.6 Å². The molecule has 0 spiro atoms. The fourth-order valence-corrected chi connectivity index (χ4v) is 5.04. The third-order valence-electron chi connectivity index (χ3n) is 6.78. The molecule has 3 aliphatic carbocycles. The van der Waals surface area contributed by atoms with Crippen molar-refractivity contribution in [1.29, 1.82) is 0 Å². The molecule has 5 rings (SSSR count). The standard InChI is InChI=1S/C23H20F4N2O3/c1-2-10-9-22(32,23(25,26)27)20(14-8-13-17(18(13)24)19(30)16(10)14)29-15-5-3-4-12-11(15)6-7-28-21(12)31/h3-8,10,17,20,29-30,32H,2,9H2,1H3,(H,28,31)/t10?,17-,20?,22+/m0/s1. The number of benzene rings is 1. The van der Waals surface area contributed by atoms with Crippen molar-refractivity contribution < 1.29 is 27.8 Å². The summed E-state index contributed by atoms with van der Waals surface area (Å²) < 4.78 is 56.9. The van der Waals surface area contributed by atoms with E-state index in [1.54, 1.807) is 13.0 Å². The number of halogens is 4. The van der Waals surface area contributed by atoms with E-state index in [1.165, 1.54) is 30.5 Å². The second-order valence-electron chi connectivity index (χ2n) is 8.52. The van der Waals surface area contributed by atoms with E-state index in [0.29, 0.717) is 5.39 Å². The molecule has 9 heteroatoms. The molecule has 32 heavy (non-hydrogen) atoms. The molecule has 0 saturated heterocycles. The number of alkyl halides is 3. The summed E-state index contributed by atoms with van der Waals surface area (Å²) >= 11 is 0. The zero-order chi connectivity index (χ0) is 23.0. The maximum Gasteiger partial charge on any atom is 0.419 e. The quantitative estimate of drug-likeness (QED) is 0.516. The number of rotatable bonds is 3. The molecule has 1 saturated carbocycles. The monoisotopic (exact) mass is 448 g/mol. The Bertz CT molecular complexity index is 1290. The smallest absolute Gasteiger partial charge is 0.419 e. The molecule has 0 bridgehead atoms. The highest BCUT2D eigenvalue weighted by molar-refractivity contribution is 5.93. The summed E-state index contributed by atoms with van der Waals surface area (Å²) in [6.45, 7) is 1.66. The van der Waals surface area contributed by atoms with Gasteiger partial charge in [0.15, 0.2) is 5.60 Å². The second kappa shape index (κ2) is 6.71. The molecule has 5 nitrogen and oxygen atoms in total. The van der Waals surface area contributed by atoms with Crippen molar-refractivity contribution in [3.63, 3.8) is 0 Å². The largest absolute Gasteiger partial charge is 0.511 e. The summed E-state index contributed by atoms with van der Waals surface area (Å²) in [7, 11) is 0. The first-order valence-corrected chi connectivity index (χ1v) is 10.3. The molecule has 1 aromatic heterocycles. The van der Waals surface area contributed by atoms with Gasteiger partial charge >= 0.3 is 6.18 Å². The molecule has 2 aromatic rings. The Labute approximate surface area is 179 Å². The van der Waals surface area contributed by atoms with Crippen molar-refractivity contribution in [2.75, 3.05) is 5.32 Å². The molecule has 0 amide bonds. The topological polar surface area (TPSA) is 85.4 Å². The van der Waals surface area contributed by atoms with Crippen molar-refractivity contribution in [3.8, 4) is 0 Å². The van der Waals surface area contributed by atoms with Crippen LogP contribution in [-0.4, -0.2) is 33.0 Å². The van der Waals surface area contributed by atoms with E-state index in [4.69, 9.17) is 0 Å². The minimum absolute atomic E-state index is 0.0150. The van der Waals surface area contributed by atoms with Gasteiger partial charge in [0.05, 0.1) is 12.0 Å². The van der Waals surface area contributed by atoms with Crippen molar-refractivity contribution >= 4 is 16.5 Å². The zero-order valence-corrected chi connectivity index (χ0v) is 16.9.